The van der Waals surface area contributed by atoms with Crippen molar-refractivity contribution in [2.75, 3.05) is 23.3 Å². The van der Waals surface area contributed by atoms with E-state index in [1.165, 1.54) is 25.3 Å². The van der Waals surface area contributed by atoms with Crippen molar-refractivity contribution in [3.8, 4) is 5.75 Å². The van der Waals surface area contributed by atoms with Crippen LogP contribution in [0.3, 0.4) is 0 Å². The number of hydrogen-bond donors (Lipinski definition) is 1. The van der Waals surface area contributed by atoms with Gasteiger partial charge in [-0.25, -0.2) is 8.42 Å². The van der Waals surface area contributed by atoms with Crippen molar-refractivity contribution in [3.63, 3.8) is 0 Å². The third kappa shape index (κ3) is 3.94. The first-order valence-electron chi connectivity index (χ1n) is 9.70. The minimum absolute atomic E-state index is 0.0442. The van der Waals surface area contributed by atoms with Crippen LogP contribution >= 0.6 is 11.6 Å². The predicted molar refractivity (Wildman–Crippen MR) is 113 cm³/mol. The predicted octanol–water partition coefficient (Wildman–Crippen LogP) is 4.23. The van der Waals surface area contributed by atoms with Gasteiger partial charge < -0.3 is 9.64 Å². The molecular formula is C21H23ClN2O4S. The average molecular weight is 435 g/mol. The van der Waals surface area contributed by atoms with Crippen molar-refractivity contribution in [2.45, 2.75) is 37.0 Å². The van der Waals surface area contributed by atoms with Crippen molar-refractivity contribution < 1.29 is 17.9 Å². The van der Waals surface area contributed by atoms with Crippen LogP contribution in [0.1, 0.15) is 31.2 Å². The molecule has 6 nitrogen and oxygen atoms in total. The molecule has 8 heteroatoms. The third-order valence-corrected chi connectivity index (χ3v) is 7.31. The summed E-state index contributed by atoms with van der Waals surface area (Å²) in [5, 5.41) is 0.220. The highest BCUT2D eigenvalue weighted by molar-refractivity contribution is 7.92. The van der Waals surface area contributed by atoms with Crippen LogP contribution in [-0.2, 0) is 21.2 Å². The summed E-state index contributed by atoms with van der Waals surface area (Å²) < 4.78 is 33.2. The average Bonchev–Trinajstić information content (AvgIpc) is 3.37. The van der Waals surface area contributed by atoms with E-state index in [-0.39, 0.29) is 21.7 Å². The molecule has 2 aliphatic rings. The molecule has 1 aliphatic carbocycles. The van der Waals surface area contributed by atoms with E-state index in [9.17, 15) is 13.2 Å². The van der Waals surface area contributed by atoms with Gasteiger partial charge in [-0.2, -0.15) is 0 Å². The second kappa shape index (κ2) is 7.88. The maximum absolute atomic E-state index is 12.9. The molecule has 2 aromatic rings. The number of nitrogens with zero attached hydrogens (tertiary/aromatic N) is 1. The fourth-order valence-corrected chi connectivity index (χ4v) is 5.49. The normalized spacial score (nSPS) is 16.7. The number of hydrogen-bond acceptors (Lipinski definition) is 4. The minimum Gasteiger partial charge on any atom is -0.495 e. The Hall–Kier alpha value is -2.25. The number of anilines is 2. The summed E-state index contributed by atoms with van der Waals surface area (Å²) in [6.45, 7) is 0.648. The Morgan fingerprint density at radius 2 is 1.93 bits per heavy atom. The zero-order valence-corrected chi connectivity index (χ0v) is 17.7. The van der Waals surface area contributed by atoms with Crippen LogP contribution in [0.25, 0.3) is 0 Å². The summed E-state index contributed by atoms with van der Waals surface area (Å²) in [4.78, 5) is 14.7. The van der Waals surface area contributed by atoms with Gasteiger partial charge in [0, 0.05) is 18.2 Å². The van der Waals surface area contributed by atoms with E-state index in [1.54, 1.807) is 12.1 Å². The lowest BCUT2D eigenvalue weighted by molar-refractivity contribution is -0.122. The number of halogens is 1. The smallest absolute Gasteiger partial charge is 0.261 e. The van der Waals surface area contributed by atoms with Gasteiger partial charge in [0.15, 0.2) is 0 Å². The standard InChI is InChI=1S/C21H23ClN2O4S/c1-28-20-9-8-17(13-18(20)22)29(26,27)23-16-7-6-14-10-11-24(19(14)12-16)21(25)15-4-2-3-5-15/h6-9,12-13,15,23H,2-5,10-11H2,1H3. The van der Waals surface area contributed by atoms with Gasteiger partial charge in [-0.3, -0.25) is 9.52 Å². The van der Waals surface area contributed by atoms with Gasteiger partial charge in [0.25, 0.3) is 10.0 Å². The van der Waals surface area contributed by atoms with Crippen molar-refractivity contribution >= 4 is 38.9 Å². The number of carbonyl (C=O) groups is 1. The first kappa shape index (κ1) is 20.0. The number of sulfonamides is 1. The molecule has 4 rings (SSSR count). The summed E-state index contributed by atoms with van der Waals surface area (Å²) >= 11 is 6.07. The maximum atomic E-state index is 12.9. The monoisotopic (exact) mass is 434 g/mol. The molecule has 0 unspecified atom stereocenters. The van der Waals surface area contributed by atoms with Crippen molar-refractivity contribution in [3.05, 3.63) is 47.0 Å². The van der Waals surface area contributed by atoms with Crippen LogP contribution in [0.15, 0.2) is 41.3 Å². The fraction of sp³-hybridized carbons (Fsp3) is 0.381. The number of rotatable bonds is 5. The first-order chi connectivity index (χ1) is 13.9. The van der Waals surface area contributed by atoms with E-state index in [1.807, 2.05) is 11.0 Å². The third-order valence-electron chi connectivity index (χ3n) is 5.64. The van der Waals surface area contributed by atoms with E-state index in [2.05, 4.69) is 4.72 Å². The fourth-order valence-electron chi connectivity index (χ4n) is 4.09. The van der Waals surface area contributed by atoms with Crippen molar-refractivity contribution in [1.82, 2.24) is 0 Å². The molecule has 1 fully saturated rings. The number of amides is 1. The lowest BCUT2D eigenvalue weighted by Crippen LogP contribution is -2.33. The van der Waals surface area contributed by atoms with E-state index in [4.69, 9.17) is 16.3 Å². The number of carbonyl (C=O) groups excluding carboxylic acids is 1. The van der Waals surface area contributed by atoms with E-state index < -0.39 is 10.0 Å². The van der Waals surface area contributed by atoms with Gasteiger partial charge in [0.1, 0.15) is 5.75 Å². The molecule has 0 radical (unpaired) electrons. The molecule has 0 atom stereocenters. The molecule has 1 amide bonds. The molecule has 1 aliphatic heterocycles. The molecule has 2 aromatic carbocycles. The highest BCUT2D eigenvalue weighted by atomic mass is 35.5. The summed E-state index contributed by atoms with van der Waals surface area (Å²) in [5.74, 6) is 0.648. The van der Waals surface area contributed by atoms with Gasteiger partial charge in [0.05, 0.1) is 22.7 Å². The summed E-state index contributed by atoms with van der Waals surface area (Å²) in [7, 11) is -2.36. The summed E-state index contributed by atoms with van der Waals surface area (Å²) in [6.07, 6.45) is 4.86. The van der Waals surface area contributed by atoms with Gasteiger partial charge in [-0.05, 0) is 55.2 Å². The van der Waals surface area contributed by atoms with Crippen LogP contribution in [0.5, 0.6) is 5.75 Å². The maximum Gasteiger partial charge on any atom is 0.261 e. The molecule has 154 valence electrons. The number of ether oxygens (including phenoxy) is 1. The number of benzene rings is 2. The molecule has 1 saturated carbocycles. The zero-order chi connectivity index (χ0) is 20.6. The van der Waals surface area contributed by atoms with Crippen LogP contribution in [0.2, 0.25) is 5.02 Å². The van der Waals surface area contributed by atoms with E-state index >= 15 is 0 Å². The van der Waals surface area contributed by atoms with Crippen LogP contribution < -0.4 is 14.4 Å². The molecule has 1 N–H and O–H groups in total. The number of nitrogens with one attached hydrogen (secondary N) is 1. The molecule has 29 heavy (non-hydrogen) atoms. The molecule has 0 spiro atoms. The van der Waals surface area contributed by atoms with Gasteiger partial charge >= 0.3 is 0 Å². The molecule has 0 bridgehead atoms. The Morgan fingerprint density at radius 3 is 2.62 bits per heavy atom. The number of methoxy groups -OCH3 is 1. The Balaban J connectivity index is 1.58. The molecule has 0 saturated heterocycles. The van der Waals surface area contributed by atoms with Crippen LogP contribution in [0, 0.1) is 5.92 Å². The van der Waals surface area contributed by atoms with Gasteiger partial charge in [-0.15, -0.1) is 0 Å². The van der Waals surface area contributed by atoms with Crippen molar-refractivity contribution in [1.29, 1.82) is 0 Å². The summed E-state index contributed by atoms with van der Waals surface area (Å²) in [6, 6.07) is 9.67. The molecule has 0 aromatic heterocycles. The van der Waals surface area contributed by atoms with Crippen molar-refractivity contribution in [2.24, 2.45) is 5.92 Å². The second-order valence-electron chi connectivity index (χ2n) is 7.47. The van der Waals surface area contributed by atoms with Gasteiger partial charge in [-0.1, -0.05) is 30.5 Å². The summed E-state index contributed by atoms with van der Waals surface area (Å²) in [5.41, 5.74) is 2.28. The molecule has 1 heterocycles. The highest BCUT2D eigenvalue weighted by Crippen LogP contribution is 2.36. The molecular weight excluding hydrogens is 412 g/mol. The van der Waals surface area contributed by atoms with E-state index in [0.29, 0.717) is 18.0 Å². The zero-order valence-electron chi connectivity index (χ0n) is 16.2. The Morgan fingerprint density at radius 1 is 1.17 bits per heavy atom. The highest BCUT2D eigenvalue weighted by Gasteiger charge is 2.32. The minimum atomic E-state index is -3.83. The first-order valence-corrected chi connectivity index (χ1v) is 11.6. The largest absolute Gasteiger partial charge is 0.495 e. The Labute approximate surface area is 175 Å². The van der Waals surface area contributed by atoms with E-state index in [0.717, 1.165) is 43.4 Å². The van der Waals surface area contributed by atoms with Gasteiger partial charge in [0.2, 0.25) is 5.91 Å². The number of fused-ring (bicyclic) bond motifs is 1. The lowest BCUT2D eigenvalue weighted by atomic mass is 10.1. The lowest BCUT2D eigenvalue weighted by Gasteiger charge is -2.22. The topological polar surface area (TPSA) is 75.7 Å². The SMILES string of the molecule is COc1ccc(S(=O)(=O)Nc2ccc3c(c2)N(C(=O)C2CCCC2)CC3)cc1Cl. The Bertz CT molecular complexity index is 1050. The Kier molecular flexibility index (Phi) is 5.44. The second-order valence-corrected chi connectivity index (χ2v) is 9.56. The van der Waals surface area contributed by atoms with Crippen LogP contribution in [-0.4, -0.2) is 28.0 Å². The quantitative estimate of drug-likeness (QED) is 0.764. The van der Waals surface area contributed by atoms with Crippen LogP contribution in [0.4, 0.5) is 11.4 Å².